The summed E-state index contributed by atoms with van der Waals surface area (Å²) in [5, 5.41) is 4.41. The van der Waals surface area contributed by atoms with Crippen LogP contribution in [0, 0.1) is 0 Å². The zero-order valence-electron chi connectivity index (χ0n) is 16.7. The average Bonchev–Trinajstić information content (AvgIpc) is 3.12. The Labute approximate surface area is 211 Å². The molecule has 0 fully saturated rings. The molecule has 0 nitrogen and oxygen atoms in total. The van der Waals surface area contributed by atoms with E-state index in [1.807, 2.05) is 0 Å². The topological polar surface area (TPSA) is 0 Å². The van der Waals surface area contributed by atoms with Gasteiger partial charge in [0.1, 0.15) is 0 Å². The molecule has 0 bridgehead atoms. The van der Waals surface area contributed by atoms with Crippen molar-refractivity contribution in [1.29, 1.82) is 0 Å². The van der Waals surface area contributed by atoms with E-state index in [-0.39, 0.29) is 40.6 Å². The van der Waals surface area contributed by atoms with E-state index in [0.717, 1.165) is 6.42 Å². The molecule has 4 rings (SSSR count). The van der Waals surface area contributed by atoms with Gasteiger partial charge in [0.15, 0.2) is 0 Å². The first-order chi connectivity index (χ1) is 13.2. The third kappa shape index (κ3) is 4.30. The van der Waals surface area contributed by atoms with Gasteiger partial charge in [-0.3, -0.25) is 0 Å². The van der Waals surface area contributed by atoms with Crippen LogP contribution in [0.3, 0.4) is 0 Å². The molecule has 0 N–H and O–H groups in total. The summed E-state index contributed by atoms with van der Waals surface area (Å²) >= 11 is 2.46. The molecule has 0 saturated carbocycles. The van der Waals surface area contributed by atoms with Crippen molar-refractivity contribution in [2.45, 2.75) is 16.7 Å². The van der Waals surface area contributed by atoms with Crippen LogP contribution >= 0.6 is 0 Å². The molecule has 0 spiro atoms. The van der Waals surface area contributed by atoms with Crippen molar-refractivity contribution in [2.24, 2.45) is 0 Å². The number of allylic oxidation sites excluding steroid dienone is 4. The molecule has 30 heavy (non-hydrogen) atoms. The summed E-state index contributed by atoms with van der Waals surface area (Å²) in [6, 6.07) is 33.6. The maximum atomic E-state index is 2.46. The predicted octanol–water partition coefficient (Wildman–Crippen LogP) is -4.68. The molecule has 1 aliphatic rings. The summed E-state index contributed by atoms with van der Waals surface area (Å²) in [6.45, 7) is 2.29. The van der Waals surface area contributed by atoms with E-state index in [9.17, 15) is 0 Å². The molecule has 1 atom stereocenters. The fraction of sp³-hybridized carbons (Fsp3) is 0.120. The second kappa shape index (κ2) is 11.5. The molecule has 0 aliphatic heterocycles. The standard InChI is InChI=1S/C25H23Si.3ClH.Ti/c1-2-21-13-12-20-25(21)26(22-14-6-3-7-15-22,23-16-8-4-9-17-23)24-18-10-5-11-19-24;;;;/h3-20H,2H2,1H3;3*1H;/q;;;;+3/p-3. The van der Waals surface area contributed by atoms with E-state index in [0.29, 0.717) is 0 Å². The van der Waals surface area contributed by atoms with Crippen molar-refractivity contribution in [1.82, 2.24) is 0 Å². The number of halogens is 3. The Morgan fingerprint density at radius 3 is 1.37 bits per heavy atom. The van der Waals surface area contributed by atoms with Gasteiger partial charge < -0.3 is 37.2 Å². The van der Waals surface area contributed by atoms with Gasteiger partial charge in [0, 0.05) is 0 Å². The van der Waals surface area contributed by atoms with Crippen molar-refractivity contribution in [2.75, 3.05) is 0 Å². The zero-order valence-corrected chi connectivity index (χ0v) is 21.6. The van der Waals surface area contributed by atoms with Crippen LogP contribution in [0.2, 0.25) is 3.34 Å². The summed E-state index contributed by atoms with van der Waals surface area (Å²) in [4.78, 5) is 0. The van der Waals surface area contributed by atoms with E-state index in [4.69, 9.17) is 0 Å². The van der Waals surface area contributed by atoms with E-state index in [1.165, 1.54) is 21.1 Å². The van der Waals surface area contributed by atoms with E-state index in [2.05, 4.69) is 137 Å². The van der Waals surface area contributed by atoms with Crippen LogP contribution in [0.25, 0.3) is 0 Å². The van der Waals surface area contributed by atoms with Crippen molar-refractivity contribution < 1.29 is 57.7 Å². The van der Waals surface area contributed by atoms with Crippen LogP contribution in [0.15, 0.2) is 115 Å². The Morgan fingerprint density at radius 2 is 1.03 bits per heavy atom. The van der Waals surface area contributed by atoms with Gasteiger partial charge in [0.05, 0.1) is 0 Å². The molecule has 0 radical (unpaired) electrons. The molecule has 152 valence electrons. The zero-order chi connectivity index (χ0) is 18.7. The van der Waals surface area contributed by atoms with E-state index >= 15 is 0 Å². The second-order valence-corrected chi connectivity index (χ2v) is 13.1. The van der Waals surface area contributed by atoms with Gasteiger partial charge in [-0.05, 0) is 0 Å². The summed E-state index contributed by atoms with van der Waals surface area (Å²) in [5.74, 6) is 0. The van der Waals surface area contributed by atoms with Gasteiger partial charge in [0.25, 0.3) is 0 Å². The normalized spacial score (nSPS) is 17.2. The summed E-state index contributed by atoms with van der Waals surface area (Å²) in [7, 11) is -2.35. The Bertz CT molecular complexity index is 878. The monoisotopic (exact) mass is 504 g/mol. The van der Waals surface area contributed by atoms with Crippen LogP contribution in [0.1, 0.15) is 13.3 Å². The van der Waals surface area contributed by atoms with Crippen molar-refractivity contribution in [3.63, 3.8) is 0 Å². The third-order valence-electron chi connectivity index (χ3n) is 5.74. The number of rotatable bonds is 5. The van der Waals surface area contributed by atoms with Gasteiger partial charge in [0.2, 0.25) is 0 Å². The number of hydrogen-bond acceptors (Lipinski definition) is 0. The molecular weight excluding hydrogens is 483 g/mol. The van der Waals surface area contributed by atoms with Gasteiger partial charge in [-0.25, -0.2) is 0 Å². The Kier molecular flexibility index (Phi) is 10.4. The van der Waals surface area contributed by atoms with Crippen molar-refractivity contribution in [3.8, 4) is 0 Å². The minimum Gasteiger partial charge on any atom is -1.00 e. The van der Waals surface area contributed by atoms with Crippen LogP contribution in [-0.2, 0) is 20.4 Å². The van der Waals surface area contributed by atoms with Crippen LogP contribution in [-0.4, -0.2) is 8.07 Å². The molecular formula is C25H23Cl3SiTi. The fourth-order valence-corrected chi connectivity index (χ4v) is 12.7. The molecule has 1 unspecified atom stereocenters. The Hall–Kier alpha value is -1.06. The predicted molar refractivity (Wildman–Crippen MR) is 114 cm³/mol. The number of hydrogen-bond donors (Lipinski definition) is 0. The Balaban J connectivity index is 0.00000150. The Morgan fingerprint density at radius 1 is 0.667 bits per heavy atom. The molecule has 0 heterocycles. The smallest absolute Gasteiger partial charge is 1.00 e. The first-order valence-electron chi connectivity index (χ1n) is 9.54. The molecule has 0 amide bonds. The maximum absolute atomic E-state index is 2.46. The van der Waals surface area contributed by atoms with Crippen LogP contribution < -0.4 is 52.8 Å². The summed E-state index contributed by atoms with van der Waals surface area (Å²) in [6.07, 6.45) is 8.15. The molecule has 0 aromatic heterocycles. The second-order valence-electron chi connectivity index (χ2n) is 7.06. The van der Waals surface area contributed by atoms with Crippen molar-refractivity contribution in [3.05, 3.63) is 115 Å². The molecule has 3 aromatic rings. The van der Waals surface area contributed by atoms with Gasteiger partial charge in [-0.15, -0.1) is 0 Å². The minimum absolute atomic E-state index is 0. The molecule has 5 heteroatoms. The summed E-state index contributed by atoms with van der Waals surface area (Å²) < 4.78 is 0.00576. The average molecular weight is 506 g/mol. The van der Waals surface area contributed by atoms with Crippen molar-refractivity contribution >= 4 is 23.6 Å². The third-order valence-corrected chi connectivity index (χ3v) is 13.5. The molecule has 3 aromatic carbocycles. The minimum atomic E-state index is -2.35. The fourth-order valence-electron chi connectivity index (χ4n) is 4.56. The maximum Gasteiger partial charge on any atom is -1.00 e. The van der Waals surface area contributed by atoms with Crippen LogP contribution in [0.5, 0.6) is 0 Å². The molecule has 0 saturated heterocycles. The molecule has 1 aliphatic carbocycles. The van der Waals surface area contributed by atoms with Gasteiger partial charge in [-0.1, -0.05) is 0 Å². The first kappa shape index (κ1) is 27.0. The van der Waals surface area contributed by atoms with Gasteiger partial charge >= 0.3 is 176 Å². The van der Waals surface area contributed by atoms with Crippen LogP contribution in [0.4, 0.5) is 0 Å². The SMILES string of the molecule is CCC1=CC=C[C]1([Ti+3])[Si](c1ccccc1)(c1ccccc1)c1ccccc1.[Cl-].[Cl-].[Cl-]. The van der Waals surface area contributed by atoms with E-state index < -0.39 is 8.07 Å². The summed E-state index contributed by atoms with van der Waals surface area (Å²) in [5.41, 5.74) is 1.53. The van der Waals surface area contributed by atoms with Gasteiger partial charge in [-0.2, -0.15) is 0 Å². The number of benzene rings is 3. The largest absolute Gasteiger partial charge is 1.00 e. The first-order valence-corrected chi connectivity index (χ1v) is 12.3. The quantitative estimate of drug-likeness (QED) is 0.242. The van der Waals surface area contributed by atoms with E-state index in [1.54, 1.807) is 0 Å².